The minimum Gasteiger partial charge on any atom is -0.197 e. The highest BCUT2D eigenvalue weighted by Gasteiger charge is 2.27. The zero-order valence-electron chi connectivity index (χ0n) is 11.6. The Morgan fingerprint density at radius 3 is 2.58 bits per heavy atom. The summed E-state index contributed by atoms with van der Waals surface area (Å²) in [4.78, 5) is 0. The van der Waals surface area contributed by atoms with Crippen molar-refractivity contribution in [3.8, 4) is 6.07 Å². The van der Waals surface area contributed by atoms with Gasteiger partial charge < -0.3 is 0 Å². The summed E-state index contributed by atoms with van der Waals surface area (Å²) in [6.07, 6.45) is 11.8. The molecule has 0 aromatic heterocycles. The third kappa shape index (κ3) is 3.35. The van der Waals surface area contributed by atoms with Crippen LogP contribution < -0.4 is 0 Å². The molecule has 0 heterocycles. The number of nitrogens with zero attached hydrogens (tertiary/aromatic N) is 1. The molecule has 1 aromatic carbocycles. The Morgan fingerprint density at radius 2 is 2.00 bits per heavy atom. The number of rotatable bonds is 5. The molecular weight excluding hydrogens is 230 g/mol. The third-order valence-electron chi connectivity index (χ3n) is 3.82. The highest BCUT2D eigenvalue weighted by atomic mass is 14.4. The van der Waals surface area contributed by atoms with Crippen LogP contribution in [0.3, 0.4) is 0 Å². The maximum Gasteiger partial charge on any atom is 0.0791 e. The lowest BCUT2D eigenvalue weighted by Gasteiger charge is -2.25. The van der Waals surface area contributed by atoms with E-state index in [-0.39, 0.29) is 5.41 Å². The number of unbranched alkanes of at least 4 members (excludes halogenated alkanes) is 2. The Kier molecular flexibility index (Phi) is 4.58. The summed E-state index contributed by atoms with van der Waals surface area (Å²) in [6.45, 7) is 2.20. The van der Waals surface area contributed by atoms with Gasteiger partial charge in [0.15, 0.2) is 0 Å². The molecular formula is C18H21N. The highest BCUT2D eigenvalue weighted by Crippen LogP contribution is 2.36. The smallest absolute Gasteiger partial charge is 0.0791 e. The van der Waals surface area contributed by atoms with Gasteiger partial charge in [0.25, 0.3) is 0 Å². The Labute approximate surface area is 116 Å². The first-order valence-corrected chi connectivity index (χ1v) is 7.16. The Balaban J connectivity index is 2.06. The topological polar surface area (TPSA) is 23.8 Å². The highest BCUT2D eigenvalue weighted by molar-refractivity contribution is 5.75. The summed E-state index contributed by atoms with van der Waals surface area (Å²) in [7, 11) is 0. The minimum absolute atomic E-state index is 0.270. The molecule has 0 radical (unpaired) electrons. The van der Waals surface area contributed by atoms with E-state index >= 15 is 0 Å². The van der Waals surface area contributed by atoms with E-state index in [1.165, 1.54) is 24.0 Å². The largest absolute Gasteiger partial charge is 0.197 e. The first-order valence-electron chi connectivity index (χ1n) is 7.16. The summed E-state index contributed by atoms with van der Waals surface area (Å²) < 4.78 is 0. The Morgan fingerprint density at radius 1 is 1.21 bits per heavy atom. The second kappa shape index (κ2) is 6.38. The van der Waals surface area contributed by atoms with E-state index in [1.54, 1.807) is 0 Å². The van der Waals surface area contributed by atoms with Crippen LogP contribution in [-0.4, -0.2) is 0 Å². The van der Waals surface area contributed by atoms with Crippen LogP contribution in [0, 0.1) is 16.7 Å². The number of hydrogen-bond acceptors (Lipinski definition) is 1. The van der Waals surface area contributed by atoms with Crippen LogP contribution in [0.1, 0.15) is 44.6 Å². The quantitative estimate of drug-likeness (QED) is 0.666. The van der Waals surface area contributed by atoms with Gasteiger partial charge in [0, 0.05) is 0 Å². The maximum atomic E-state index is 9.47. The van der Waals surface area contributed by atoms with Crippen LogP contribution in [0.25, 0.3) is 5.57 Å². The Hall–Kier alpha value is -1.81. The molecule has 1 aromatic rings. The number of nitriles is 1. The van der Waals surface area contributed by atoms with Gasteiger partial charge in [-0.2, -0.15) is 5.26 Å². The molecule has 0 fully saturated rings. The van der Waals surface area contributed by atoms with E-state index in [1.807, 2.05) is 6.07 Å². The molecule has 1 atom stereocenters. The fourth-order valence-corrected chi connectivity index (χ4v) is 2.54. The number of benzene rings is 1. The Bertz CT molecular complexity index is 504. The van der Waals surface area contributed by atoms with Crippen molar-refractivity contribution in [1.82, 2.24) is 0 Å². The van der Waals surface area contributed by atoms with Crippen molar-refractivity contribution in [2.75, 3.05) is 0 Å². The van der Waals surface area contributed by atoms with Crippen LogP contribution >= 0.6 is 0 Å². The van der Waals surface area contributed by atoms with Gasteiger partial charge in [0.2, 0.25) is 0 Å². The third-order valence-corrected chi connectivity index (χ3v) is 3.82. The summed E-state index contributed by atoms with van der Waals surface area (Å²) in [6, 6.07) is 12.9. The van der Waals surface area contributed by atoms with Crippen molar-refractivity contribution in [3.63, 3.8) is 0 Å². The van der Waals surface area contributed by atoms with E-state index in [9.17, 15) is 5.26 Å². The van der Waals surface area contributed by atoms with Gasteiger partial charge in [0.1, 0.15) is 0 Å². The zero-order chi connectivity index (χ0) is 13.6. The molecule has 2 rings (SSSR count). The predicted molar refractivity (Wildman–Crippen MR) is 80.4 cm³/mol. The van der Waals surface area contributed by atoms with Gasteiger partial charge in [-0.15, -0.1) is 0 Å². The molecule has 1 aliphatic rings. The van der Waals surface area contributed by atoms with Gasteiger partial charge in [-0.25, -0.2) is 0 Å². The first kappa shape index (κ1) is 13.6. The van der Waals surface area contributed by atoms with E-state index in [0.717, 1.165) is 19.3 Å². The number of allylic oxidation sites excluding steroid dienone is 4. The molecule has 0 saturated heterocycles. The molecule has 0 amide bonds. The fourth-order valence-electron chi connectivity index (χ4n) is 2.54. The maximum absolute atomic E-state index is 9.47. The minimum atomic E-state index is -0.270. The molecule has 19 heavy (non-hydrogen) atoms. The standard InChI is InChI=1S/C18H21N/c1-2-3-7-12-18(15-19)13-10-17(11-14-18)16-8-5-4-6-9-16/h4-6,8-11,13H,2-3,7,12,14H2,1H3. The molecule has 0 bridgehead atoms. The van der Waals surface area contributed by atoms with Crippen molar-refractivity contribution in [1.29, 1.82) is 5.26 Å². The second-order valence-corrected chi connectivity index (χ2v) is 5.29. The van der Waals surface area contributed by atoms with Gasteiger partial charge in [-0.05, 0) is 24.0 Å². The lowest BCUT2D eigenvalue weighted by Crippen LogP contribution is -2.16. The summed E-state index contributed by atoms with van der Waals surface area (Å²) >= 11 is 0. The fraction of sp³-hybridized carbons (Fsp3) is 0.389. The van der Waals surface area contributed by atoms with E-state index in [0.29, 0.717) is 0 Å². The normalized spacial score (nSPS) is 21.8. The molecule has 98 valence electrons. The van der Waals surface area contributed by atoms with E-state index < -0.39 is 0 Å². The lowest BCUT2D eigenvalue weighted by atomic mass is 9.76. The summed E-state index contributed by atoms with van der Waals surface area (Å²) in [5.41, 5.74) is 2.20. The molecule has 0 saturated carbocycles. The van der Waals surface area contributed by atoms with Crippen LogP contribution in [0.2, 0.25) is 0 Å². The predicted octanol–water partition coefficient (Wildman–Crippen LogP) is 5.12. The molecule has 1 nitrogen and oxygen atoms in total. The van der Waals surface area contributed by atoms with Crippen molar-refractivity contribution in [2.45, 2.75) is 39.0 Å². The molecule has 1 heteroatoms. The summed E-state index contributed by atoms with van der Waals surface area (Å²) in [5, 5.41) is 9.47. The average Bonchev–Trinajstić information content (AvgIpc) is 2.49. The van der Waals surface area contributed by atoms with E-state index in [4.69, 9.17) is 0 Å². The van der Waals surface area contributed by atoms with Crippen LogP contribution in [0.15, 0.2) is 48.6 Å². The van der Waals surface area contributed by atoms with Crippen molar-refractivity contribution in [3.05, 3.63) is 54.1 Å². The molecule has 0 aliphatic heterocycles. The van der Waals surface area contributed by atoms with E-state index in [2.05, 4.69) is 55.5 Å². The summed E-state index contributed by atoms with van der Waals surface area (Å²) in [5.74, 6) is 0. The van der Waals surface area contributed by atoms with Crippen LogP contribution in [0.5, 0.6) is 0 Å². The molecule has 1 aliphatic carbocycles. The van der Waals surface area contributed by atoms with Gasteiger partial charge in [0.05, 0.1) is 11.5 Å². The zero-order valence-corrected chi connectivity index (χ0v) is 11.6. The average molecular weight is 251 g/mol. The van der Waals surface area contributed by atoms with Crippen LogP contribution in [-0.2, 0) is 0 Å². The SMILES string of the molecule is CCCCCC1(C#N)C=CC(c2ccccc2)=CC1. The van der Waals surface area contributed by atoms with Gasteiger partial charge in [-0.1, -0.05) is 74.7 Å². The molecule has 1 unspecified atom stereocenters. The first-order chi connectivity index (χ1) is 9.29. The van der Waals surface area contributed by atoms with Crippen LogP contribution in [0.4, 0.5) is 0 Å². The monoisotopic (exact) mass is 251 g/mol. The molecule has 0 N–H and O–H groups in total. The van der Waals surface area contributed by atoms with Gasteiger partial charge >= 0.3 is 0 Å². The second-order valence-electron chi connectivity index (χ2n) is 5.29. The van der Waals surface area contributed by atoms with Crippen molar-refractivity contribution in [2.24, 2.45) is 5.41 Å². The lowest BCUT2D eigenvalue weighted by molar-refractivity contribution is 0.439. The van der Waals surface area contributed by atoms with Crippen molar-refractivity contribution >= 4 is 5.57 Å². The van der Waals surface area contributed by atoms with Gasteiger partial charge in [-0.3, -0.25) is 0 Å². The van der Waals surface area contributed by atoms with Crippen molar-refractivity contribution < 1.29 is 0 Å². The molecule has 0 spiro atoms. The number of hydrogen-bond donors (Lipinski definition) is 0.